The summed E-state index contributed by atoms with van der Waals surface area (Å²) in [5, 5.41) is 20.0. The standard InChI is InChI=1S/C24H23N5O6S/c1-11-16(20(24(34)35)29-19(11)17(12(2)30)22(29)33)15-9-28-10-26-18(23(28)36-15)21(32)13-4-3-5-27(7-13)8-14(31)6-25/h3-5,7,9-12,17,19,30H,6,8,25H2,1-2H3/p+1/t11-,12+,17+,19+/m0/s1. The van der Waals surface area contributed by atoms with Gasteiger partial charge < -0.3 is 20.8 Å². The quantitative estimate of drug-likeness (QED) is 0.219. The number of carbonyl (C=O) groups excluding carboxylic acids is 3. The molecular weight excluding hydrogens is 486 g/mol. The second-order valence-corrected chi connectivity index (χ2v) is 10.1. The van der Waals surface area contributed by atoms with Gasteiger partial charge in [-0.1, -0.05) is 6.92 Å². The van der Waals surface area contributed by atoms with Gasteiger partial charge in [-0.05, 0) is 13.0 Å². The molecule has 0 aliphatic carbocycles. The minimum Gasteiger partial charge on any atom is -0.477 e. The first-order valence-electron chi connectivity index (χ1n) is 11.3. The van der Waals surface area contributed by atoms with Crippen molar-refractivity contribution in [3.8, 4) is 0 Å². The van der Waals surface area contributed by atoms with Gasteiger partial charge >= 0.3 is 5.97 Å². The maximum atomic E-state index is 13.3. The Labute approximate surface area is 209 Å². The Morgan fingerprint density at radius 1 is 1.33 bits per heavy atom. The number of nitrogens with zero attached hydrogens (tertiary/aromatic N) is 4. The molecule has 11 nitrogen and oxygen atoms in total. The van der Waals surface area contributed by atoms with Crippen LogP contribution in [0.1, 0.15) is 34.8 Å². The van der Waals surface area contributed by atoms with E-state index in [1.807, 2.05) is 6.92 Å². The smallest absolute Gasteiger partial charge is 0.352 e. The fourth-order valence-electron chi connectivity index (χ4n) is 5.13. The fraction of sp³-hybridized carbons (Fsp3) is 0.333. The number of carboxylic acid groups (broad SMARTS) is 1. The minimum absolute atomic E-state index is 0.0488. The highest BCUT2D eigenvalue weighted by Gasteiger charge is 2.60. The lowest BCUT2D eigenvalue weighted by Gasteiger charge is -2.46. The average molecular weight is 511 g/mol. The number of pyridine rings is 1. The number of hydrogen-bond acceptors (Lipinski definition) is 8. The van der Waals surface area contributed by atoms with E-state index in [4.69, 9.17) is 5.73 Å². The van der Waals surface area contributed by atoms with Crippen LogP contribution in [0.2, 0.25) is 0 Å². The number of nitrogens with two attached hydrogens (primary N) is 1. The molecule has 3 aromatic rings. The molecule has 5 rings (SSSR count). The Morgan fingerprint density at radius 3 is 2.75 bits per heavy atom. The third-order valence-electron chi connectivity index (χ3n) is 6.77. The number of aromatic nitrogens is 3. The first-order chi connectivity index (χ1) is 17.1. The number of Topliss-reactive ketones (excluding diaryl/α,β-unsaturated/α-hetero) is 1. The molecule has 1 fully saturated rings. The Kier molecular flexibility index (Phi) is 5.81. The van der Waals surface area contributed by atoms with Gasteiger partial charge in [-0.3, -0.25) is 18.8 Å². The molecule has 0 saturated carbocycles. The predicted octanol–water partition coefficient (Wildman–Crippen LogP) is 0.0953. The number of aliphatic hydroxyl groups excluding tert-OH is 1. The topological polar surface area (TPSA) is 159 Å². The molecule has 4 atom stereocenters. The van der Waals surface area contributed by atoms with Gasteiger partial charge in [0.05, 0.1) is 35.0 Å². The summed E-state index contributed by atoms with van der Waals surface area (Å²) in [6.07, 6.45) is 5.53. The average Bonchev–Trinajstić information content (AvgIpc) is 3.48. The number of carbonyl (C=O) groups is 4. The van der Waals surface area contributed by atoms with Crippen molar-refractivity contribution in [2.75, 3.05) is 6.54 Å². The monoisotopic (exact) mass is 510 g/mol. The maximum absolute atomic E-state index is 13.3. The van der Waals surface area contributed by atoms with Crippen molar-refractivity contribution in [1.82, 2.24) is 14.3 Å². The Balaban J connectivity index is 1.52. The molecule has 0 radical (unpaired) electrons. The van der Waals surface area contributed by atoms with Gasteiger partial charge in [0.2, 0.25) is 24.0 Å². The number of imidazole rings is 1. The highest BCUT2D eigenvalue weighted by Crippen LogP contribution is 2.51. The number of β-lactam (4-membered cyclic amide) rings is 1. The van der Waals surface area contributed by atoms with Crippen molar-refractivity contribution in [2.45, 2.75) is 32.5 Å². The summed E-state index contributed by atoms with van der Waals surface area (Å²) in [6.45, 7) is 3.32. The van der Waals surface area contributed by atoms with Gasteiger partial charge in [0.1, 0.15) is 22.5 Å². The molecule has 4 N–H and O–H groups in total. The number of hydrogen-bond donors (Lipinski definition) is 3. The molecule has 0 spiro atoms. The molecule has 2 aliphatic rings. The summed E-state index contributed by atoms with van der Waals surface area (Å²) in [7, 11) is 0. The van der Waals surface area contributed by atoms with Crippen LogP contribution in [0, 0.1) is 11.8 Å². The second kappa shape index (κ2) is 8.73. The van der Waals surface area contributed by atoms with Crippen molar-refractivity contribution < 1.29 is 34.0 Å². The van der Waals surface area contributed by atoms with Crippen LogP contribution in [0.3, 0.4) is 0 Å². The summed E-state index contributed by atoms with van der Waals surface area (Å²) in [4.78, 5) is 56.5. The zero-order valence-corrected chi connectivity index (χ0v) is 20.3. The molecule has 186 valence electrons. The van der Waals surface area contributed by atoms with Crippen LogP contribution < -0.4 is 10.3 Å². The van der Waals surface area contributed by atoms with Crippen LogP contribution in [0.15, 0.2) is 42.7 Å². The predicted molar refractivity (Wildman–Crippen MR) is 127 cm³/mol. The molecule has 1 amide bonds. The summed E-state index contributed by atoms with van der Waals surface area (Å²) >= 11 is 1.22. The minimum atomic E-state index is -1.22. The van der Waals surface area contributed by atoms with E-state index in [-0.39, 0.29) is 42.0 Å². The van der Waals surface area contributed by atoms with E-state index in [0.29, 0.717) is 20.8 Å². The number of fused-ring (bicyclic) bond motifs is 2. The van der Waals surface area contributed by atoms with Crippen molar-refractivity contribution in [3.05, 3.63) is 58.9 Å². The number of carboxylic acids is 1. The SMILES string of the molecule is C[C@@H](O)[C@H]1C(=O)N2C(C(=O)O)=C(c3cn4cnc(C(=O)c5ccc[n+](CC(=O)CN)c5)c4s3)[C@H](C)[C@H]12. The number of thiazole rings is 1. The lowest BCUT2D eigenvalue weighted by atomic mass is 9.77. The second-order valence-electron chi connectivity index (χ2n) is 9.06. The molecule has 36 heavy (non-hydrogen) atoms. The van der Waals surface area contributed by atoms with Gasteiger partial charge in [-0.25, -0.2) is 9.78 Å². The first kappa shape index (κ1) is 24.0. The highest BCUT2D eigenvalue weighted by molar-refractivity contribution is 7.18. The number of amides is 1. The van der Waals surface area contributed by atoms with Crippen LogP contribution in [0.25, 0.3) is 10.4 Å². The summed E-state index contributed by atoms with van der Waals surface area (Å²) in [6, 6.07) is 2.85. The lowest BCUT2D eigenvalue weighted by Crippen LogP contribution is -2.63. The lowest BCUT2D eigenvalue weighted by molar-refractivity contribution is -0.684. The third kappa shape index (κ3) is 3.56. The van der Waals surface area contributed by atoms with Gasteiger partial charge in [-0.15, -0.1) is 11.3 Å². The number of ketones is 2. The zero-order chi connectivity index (χ0) is 25.9. The largest absolute Gasteiger partial charge is 0.477 e. The summed E-state index contributed by atoms with van der Waals surface area (Å²) < 4.78 is 3.24. The van der Waals surface area contributed by atoms with Gasteiger partial charge in [0, 0.05) is 23.8 Å². The van der Waals surface area contributed by atoms with Crippen LogP contribution in [-0.4, -0.2) is 66.6 Å². The van der Waals surface area contributed by atoms with Gasteiger partial charge in [-0.2, -0.15) is 4.57 Å². The van der Waals surface area contributed by atoms with E-state index < -0.39 is 29.9 Å². The van der Waals surface area contributed by atoms with E-state index in [0.717, 1.165) is 0 Å². The first-order valence-corrected chi connectivity index (χ1v) is 12.2. The van der Waals surface area contributed by atoms with Crippen molar-refractivity contribution in [3.63, 3.8) is 0 Å². The Morgan fingerprint density at radius 2 is 2.08 bits per heavy atom. The van der Waals surface area contributed by atoms with Crippen molar-refractivity contribution in [1.29, 1.82) is 0 Å². The number of rotatable bonds is 8. The zero-order valence-electron chi connectivity index (χ0n) is 19.5. The Bertz CT molecular complexity index is 1470. The highest BCUT2D eigenvalue weighted by atomic mass is 32.1. The molecule has 1 saturated heterocycles. The van der Waals surface area contributed by atoms with E-state index in [1.165, 1.54) is 29.5 Å². The van der Waals surface area contributed by atoms with Crippen LogP contribution in [-0.2, 0) is 20.9 Å². The fourth-order valence-corrected chi connectivity index (χ4v) is 6.35. The van der Waals surface area contributed by atoms with Crippen molar-refractivity contribution in [2.24, 2.45) is 17.6 Å². The molecule has 0 aromatic carbocycles. The number of aliphatic carboxylic acids is 1. The van der Waals surface area contributed by atoms with E-state index in [1.54, 1.807) is 39.7 Å². The summed E-state index contributed by atoms with van der Waals surface area (Å²) in [5.41, 5.74) is 6.32. The van der Waals surface area contributed by atoms with E-state index in [2.05, 4.69) is 4.98 Å². The Hall–Kier alpha value is -3.74. The van der Waals surface area contributed by atoms with Crippen LogP contribution >= 0.6 is 11.3 Å². The number of aliphatic hydroxyl groups is 1. The maximum Gasteiger partial charge on any atom is 0.352 e. The third-order valence-corrected chi connectivity index (χ3v) is 7.92. The molecule has 2 aliphatic heterocycles. The van der Waals surface area contributed by atoms with Gasteiger partial charge in [0.25, 0.3) is 0 Å². The molecule has 0 unspecified atom stereocenters. The summed E-state index contributed by atoms with van der Waals surface area (Å²) in [5.74, 6) is -3.12. The van der Waals surface area contributed by atoms with E-state index in [9.17, 15) is 29.4 Å². The molecular formula is C24H24N5O6S+. The molecule has 12 heteroatoms. The van der Waals surface area contributed by atoms with Crippen LogP contribution in [0.5, 0.6) is 0 Å². The molecule has 0 bridgehead atoms. The normalized spacial score (nSPS) is 22.1. The van der Waals surface area contributed by atoms with Gasteiger partial charge in [0.15, 0.2) is 12.4 Å². The van der Waals surface area contributed by atoms with Crippen molar-refractivity contribution >= 4 is 45.2 Å². The van der Waals surface area contributed by atoms with Crippen LogP contribution in [0.4, 0.5) is 0 Å². The van der Waals surface area contributed by atoms with E-state index >= 15 is 0 Å². The molecule has 3 aromatic heterocycles. The molecule has 5 heterocycles.